The van der Waals surface area contributed by atoms with Gasteiger partial charge in [-0.2, -0.15) is 0 Å². The molecule has 3 unspecified atom stereocenters. The van der Waals surface area contributed by atoms with Crippen LogP contribution in [0.2, 0.25) is 0 Å². The first-order valence-electron chi connectivity index (χ1n) is 7.02. The number of carbonyl (C=O) groups is 1. The molecule has 3 atom stereocenters. The Morgan fingerprint density at radius 1 is 1.44 bits per heavy atom. The Bertz CT molecular complexity index is 317. The number of amides is 1. The smallest absolute Gasteiger partial charge is 0.236 e. The molecule has 0 aromatic heterocycles. The molecule has 18 heavy (non-hydrogen) atoms. The summed E-state index contributed by atoms with van der Waals surface area (Å²) in [6.07, 6.45) is 6.66. The minimum atomic E-state index is -0.222. The quantitative estimate of drug-likeness (QED) is 0.805. The van der Waals surface area contributed by atoms with Gasteiger partial charge in [0.2, 0.25) is 5.91 Å². The van der Waals surface area contributed by atoms with Crippen LogP contribution in [0.3, 0.4) is 0 Å². The third kappa shape index (κ3) is 2.98. The van der Waals surface area contributed by atoms with Gasteiger partial charge in [0.25, 0.3) is 0 Å². The van der Waals surface area contributed by atoms with Crippen molar-refractivity contribution in [3.05, 3.63) is 0 Å². The van der Waals surface area contributed by atoms with Crippen LogP contribution in [0.25, 0.3) is 0 Å². The monoisotopic (exact) mass is 289 g/mol. The summed E-state index contributed by atoms with van der Waals surface area (Å²) in [6.45, 7) is 4.34. The van der Waals surface area contributed by atoms with E-state index in [-0.39, 0.29) is 16.2 Å². The van der Waals surface area contributed by atoms with E-state index in [9.17, 15) is 4.79 Å². The van der Waals surface area contributed by atoms with E-state index in [2.05, 4.69) is 19.2 Å². The van der Waals surface area contributed by atoms with Gasteiger partial charge in [0.15, 0.2) is 0 Å². The third-order valence-corrected chi connectivity index (χ3v) is 6.46. The summed E-state index contributed by atoms with van der Waals surface area (Å²) in [7, 11) is 0. The second kappa shape index (κ2) is 5.62. The van der Waals surface area contributed by atoms with Crippen LogP contribution in [-0.2, 0) is 4.79 Å². The number of nitrogens with one attached hydrogen (secondary N) is 1. The van der Waals surface area contributed by atoms with Crippen molar-refractivity contribution in [2.45, 2.75) is 62.7 Å². The fourth-order valence-corrected chi connectivity index (χ4v) is 4.78. The zero-order valence-electron chi connectivity index (χ0n) is 11.4. The van der Waals surface area contributed by atoms with Gasteiger partial charge in [0.05, 0.1) is 10.3 Å². The van der Waals surface area contributed by atoms with Crippen LogP contribution < -0.4 is 5.32 Å². The Hall–Kier alpha value is 0.110. The second-order valence-corrected chi connectivity index (χ2v) is 8.12. The van der Waals surface area contributed by atoms with E-state index in [1.54, 1.807) is 11.8 Å². The average molecular weight is 290 g/mol. The minimum absolute atomic E-state index is 0.150. The van der Waals surface area contributed by atoms with Gasteiger partial charge in [0, 0.05) is 5.88 Å². The van der Waals surface area contributed by atoms with Gasteiger partial charge in [-0.1, -0.05) is 19.8 Å². The number of thioether (sulfide) groups is 1. The standard InChI is InChI=1S/C14H24ClNOS/c1-11-5-3-7-14(9-11,10-15)16-12(17)13(2)6-4-8-18-13/h11H,3-10H2,1-2H3,(H,16,17). The normalized spacial score (nSPS) is 40.7. The maximum atomic E-state index is 12.5. The molecule has 1 heterocycles. The number of alkyl halides is 1. The number of hydrogen-bond donors (Lipinski definition) is 1. The summed E-state index contributed by atoms with van der Waals surface area (Å²) >= 11 is 7.97. The molecule has 2 rings (SSSR count). The van der Waals surface area contributed by atoms with Crippen molar-refractivity contribution in [3.8, 4) is 0 Å². The molecule has 1 amide bonds. The van der Waals surface area contributed by atoms with Crippen LogP contribution in [0.1, 0.15) is 52.4 Å². The largest absolute Gasteiger partial charge is 0.348 e. The summed E-state index contributed by atoms with van der Waals surface area (Å²) in [6, 6.07) is 0. The van der Waals surface area contributed by atoms with E-state index in [1.165, 1.54) is 12.8 Å². The first kappa shape index (κ1) is 14.5. The van der Waals surface area contributed by atoms with Crippen LogP contribution in [0, 0.1) is 5.92 Å². The summed E-state index contributed by atoms with van der Waals surface area (Å²) in [5.74, 6) is 2.53. The van der Waals surface area contributed by atoms with Crippen molar-refractivity contribution in [2.75, 3.05) is 11.6 Å². The van der Waals surface area contributed by atoms with E-state index in [0.717, 1.165) is 31.4 Å². The predicted octanol–water partition coefficient (Wildman–Crippen LogP) is 3.58. The topological polar surface area (TPSA) is 29.1 Å². The van der Waals surface area contributed by atoms with Crippen molar-refractivity contribution in [3.63, 3.8) is 0 Å². The minimum Gasteiger partial charge on any atom is -0.348 e. The molecule has 104 valence electrons. The first-order chi connectivity index (χ1) is 8.50. The molecule has 0 bridgehead atoms. The number of carbonyl (C=O) groups excluding carboxylic acids is 1. The highest BCUT2D eigenvalue weighted by atomic mass is 35.5. The average Bonchev–Trinajstić information content (AvgIpc) is 2.77. The molecule has 2 fully saturated rings. The SMILES string of the molecule is CC1CCCC(CCl)(NC(=O)C2(C)CCCS2)C1. The number of halogens is 1. The van der Waals surface area contributed by atoms with Gasteiger partial charge < -0.3 is 5.32 Å². The Balaban J connectivity index is 2.03. The Morgan fingerprint density at radius 3 is 2.78 bits per heavy atom. The van der Waals surface area contributed by atoms with Crippen LogP contribution in [0.15, 0.2) is 0 Å². The van der Waals surface area contributed by atoms with Crippen LogP contribution >= 0.6 is 23.4 Å². The van der Waals surface area contributed by atoms with Crippen molar-refractivity contribution in [1.82, 2.24) is 5.32 Å². The van der Waals surface area contributed by atoms with Gasteiger partial charge in [-0.25, -0.2) is 0 Å². The zero-order valence-corrected chi connectivity index (χ0v) is 13.0. The molecule has 2 nitrogen and oxygen atoms in total. The predicted molar refractivity (Wildman–Crippen MR) is 79.3 cm³/mol. The van der Waals surface area contributed by atoms with Gasteiger partial charge in [0.1, 0.15) is 0 Å². The van der Waals surface area contributed by atoms with Crippen LogP contribution in [-0.4, -0.2) is 27.8 Å². The maximum absolute atomic E-state index is 12.5. The molecule has 0 radical (unpaired) electrons. The highest BCUT2D eigenvalue weighted by Gasteiger charge is 2.42. The number of hydrogen-bond acceptors (Lipinski definition) is 2. The zero-order chi connectivity index (χ0) is 13.2. The molecule has 4 heteroatoms. The van der Waals surface area contributed by atoms with Crippen molar-refractivity contribution in [1.29, 1.82) is 0 Å². The molecule has 0 aromatic rings. The Kier molecular flexibility index (Phi) is 4.53. The summed E-state index contributed by atoms with van der Waals surface area (Å²) in [5, 5.41) is 3.30. The van der Waals surface area contributed by atoms with Crippen LogP contribution in [0.5, 0.6) is 0 Å². The van der Waals surface area contributed by atoms with Gasteiger partial charge >= 0.3 is 0 Å². The van der Waals surface area contributed by atoms with E-state index >= 15 is 0 Å². The van der Waals surface area contributed by atoms with Gasteiger partial charge in [-0.3, -0.25) is 4.79 Å². The molecular weight excluding hydrogens is 266 g/mol. The molecule has 2 aliphatic rings. The molecule has 1 aliphatic heterocycles. The Morgan fingerprint density at radius 2 is 2.22 bits per heavy atom. The van der Waals surface area contributed by atoms with E-state index in [4.69, 9.17) is 11.6 Å². The van der Waals surface area contributed by atoms with E-state index < -0.39 is 0 Å². The maximum Gasteiger partial charge on any atom is 0.236 e. The summed E-state index contributed by atoms with van der Waals surface area (Å²) < 4.78 is -0.222. The van der Waals surface area contributed by atoms with Gasteiger partial charge in [-0.15, -0.1) is 23.4 Å². The van der Waals surface area contributed by atoms with Crippen LogP contribution in [0.4, 0.5) is 0 Å². The lowest BCUT2D eigenvalue weighted by atomic mass is 9.77. The lowest BCUT2D eigenvalue weighted by molar-refractivity contribution is -0.125. The van der Waals surface area contributed by atoms with Crippen molar-refractivity contribution < 1.29 is 4.79 Å². The summed E-state index contributed by atoms with van der Waals surface area (Å²) in [5.41, 5.74) is -0.150. The second-order valence-electron chi connectivity index (χ2n) is 6.25. The molecule has 0 aromatic carbocycles. The van der Waals surface area contributed by atoms with E-state index in [0.29, 0.717) is 11.8 Å². The fourth-order valence-electron chi connectivity index (χ4n) is 3.26. The molecule has 1 N–H and O–H groups in total. The van der Waals surface area contributed by atoms with Gasteiger partial charge in [-0.05, 0) is 44.3 Å². The molecular formula is C14H24ClNOS. The highest BCUT2D eigenvalue weighted by molar-refractivity contribution is 8.01. The lowest BCUT2D eigenvalue weighted by Crippen LogP contribution is -2.57. The van der Waals surface area contributed by atoms with Crippen molar-refractivity contribution in [2.24, 2.45) is 5.92 Å². The fraction of sp³-hybridized carbons (Fsp3) is 0.929. The molecule has 1 saturated carbocycles. The highest BCUT2D eigenvalue weighted by Crippen LogP contribution is 2.40. The molecule has 1 aliphatic carbocycles. The van der Waals surface area contributed by atoms with Crippen molar-refractivity contribution >= 4 is 29.3 Å². The van der Waals surface area contributed by atoms with E-state index in [1.807, 2.05) is 0 Å². The number of rotatable bonds is 3. The summed E-state index contributed by atoms with van der Waals surface area (Å²) in [4.78, 5) is 12.5. The lowest BCUT2D eigenvalue weighted by Gasteiger charge is -2.41. The third-order valence-electron chi connectivity index (χ3n) is 4.43. The first-order valence-corrected chi connectivity index (χ1v) is 8.54. The molecule has 1 saturated heterocycles. The Labute approximate surface area is 120 Å². The molecule has 0 spiro atoms.